The zero-order chi connectivity index (χ0) is 14.3. The fourth-order valence-electron chi connectivity index (χ4n) is 2.01. The van der Waals surface area contributed by atoms with Crippen LogP contribution in [0.5, 0.6) is 0 Å². The molecule has 0 aliphatic heterocycles. The molecule has 1 aromatic rings. The highest BCUT2D eigenvalue weighted by Crippen LogP contribution is 2.32. The van der Waals surface area contributed by atoms with Gasteiger partial charge >= 0.3 is 0 Å². The second kappa shape index (κ2) is 7.30. The molecule has 1 unspecified atom stereocenters. The fraction of sp³-hybridized carbons (Fsp3) is 0.444. The lowest BCUT2D eigenvalue weighted by atomic mass is 9.81. The van der Waals surface area contributed by atoms with Crippen molar-refractivity contribution in [3.05, 3.63) is 59.7 Å². The van der Waals surface area contributed by atoms with Gasteiger partial charge in [0, 0.05) is 5.92 Å². The summed E-state index contributed by atoms with van der Waals surface area (Å²) >= 11 is 0. The molecule has 2 atom stereocenters. The van der Waals surface area contributed by atoms with Crippen LogP contribution in [0.2, 0.25) is 0 Å². The molecule has 0 aliphatic rings. The number of allylic oxidation sites excluding steroid dienone is 3. The van der Waals surface area contributed by atoms with Gasteiger partial charge in [-0.1, -0.05) is 68.0 Å². The second-order valence-electron chi connectivity index (χ2n) is 5.35. The van der Waals surface area contributed by atoms with Crippen LogP contribution in [-0.4, -0.2) is 10.7 Å². The van der Waals surface area contributed by atoms with Gasteiger partial charge in [-0.3, -0.25) is 0 Å². The Bertz CT molecular complexity index is 426. The molecule has 1 heteroatoms. The Morgan fingerprint density at radius 1 is 1.26 bits per heavy atom. The minimum Gasteiger partial charge on any atom is -0.389 e. The zero-order valence-corrected chi connectivity index (χ0v) is 12.6. The van der Waals surface area contributed by atoms with E-state index in [-0.39, 0.29) is 5.92 Å². The maximum Gasteiger partial charge on any atom is 0.0719 e. The summed E-state index contributed by atoms with van der Waals surface area (Å²) in [6.45, 7) is 8.21. The van der Waals surface area contributed by atoms with Crippen LogP contribution in [-0.2, 0) is 0 Å². The largest absolute Gasteiger partial charge is 0.389 e. The first-order chi connectivity index (χ1) is 9.01. The van der Waals surface area contributed by atoms with Gasteiger partial charge in [0.2, 0.25) is 0 Å². The molecule has 0 aromatic heterocycles. The third-order valence-corrected chi connectivity index (χ3v) is 3.79. The summed E-state index contributed by atoms with van der Waals surface area (Å²) in [4.78, 5) is 0. The van der Waals surface area contributed by atoms with Crippen LogP contribution in [0.25, 0.3) is 0 Å². The van der Waals surface area contributed by atoms with Crippen molar-refractivity contribution in [3.8, 4) is 0 Å². The Labute approximate surface area is 117 Å². The third-order valence-electron chi connectivity index (χ3n) is 3.79. The molecular formula is C18H26O. The van der Waals surface area contributed by atoms with Crippen molar-refractivity contribution in [3.63, 3.8) is 0 Å². The summed E-state index contributed by atoms with van der Waals surface area (Å²) in [6, 6.07) is 10.2. The number of aliphatic hydroxyl groups is 1. The highest BCUT2D eigenvalue weighted by atomic mass is 16.3. The summed E-state index contributed by atoms with van der Waals surface area (Å²) in [5.74, 6) is 0.0274. The molecule has 0 aliphatic carbocycles. The Kier molecular flexibility index (Phi) is 6.04. The highest BCUT2D eigenvalue weighted by molar-refractivity contribution is 5.29. The van der Waals surface area contributed by atoms with Crippen LogP contribution in [0, 0.1) is 0 Å². The minimum atomic E-state index is -0.716. The minimum absolute atomic E-state index is 0.0274. The van der Waals surface area contributed by atoms with Gasteiger partial charge in [-0.2, -0.15) is 0 Å². The van der Waals surface area contributed by atoms with Gasteiger partial charge in [0.05, 0.1) is 5.60 Å². The van der Waals surface area contributed by atoms with Crippen molar-refractivity contribution in [2.75, 3.05) is 0 Å². The van der Waals surface area contributed by atoms with Crippen molar-refractivity contribution in [2.45, 2.75) is 52.1 Å². The van der Waals surface area contributed by atoms with E-state index in [0.717, 1.165) is 18.4 Å². The van der Waals surface area contributed by atoms with E-state index in [1.807, 2.05) is 32.0 Å². The Morgan fingerprint density at radius 2 is 1.89 bits per heavy atom. The Morgan fingerprint density at radius 3 is 2.42 bits per heavy atom. The monoisotopic (exact) mass is 258 g/mol. The molecule has 0 amide bonds. The Hall–Kier alpha value is -1.34. The van der Waals surface area contributed by atoms with E-state index in [1.54, 1.807) is 0 Å². The Balaban J connectivity index is 3.01. The van der Waals surface area contributed by atoms with Gasteiger partial charge in [0.15, 0.2) is 0 Å². The molecule has 0 heterocycles. The highest BCUT2D eigenvalue weighted by Gasteiger charge is 2.28. The van der Waals surface area contributed by atoms with Crippen molar-refractivity contribution in [1.82, 2.24) is 0 Å². The smallest absolute Gasteiger partial charge is 0.0719 e. The summed E-state index contributed by atoms with van der Waals surface area (Å²) in [5.41, 5.74) is 1.79. The molecule has 0 radical (unpaired) electrons. The van der Waals surface area contributed by atoms with Gasteiger partial charge < -0.3 is 5.11 Å². The number of hydrogen-bond donors (Lipinski definition) is 1. The maximum absolute atomic E-state index is 10.6. The first kappa shape index (κ1) is 15.7. The lowest BCUT2D eigenvalue weighted by Crippen LogP contribution is -2.30. The third kappa shape index (κ3) is 4.68. The molecule has 1 rings (SSSR count). The van der Waals surface area contributed by atoms with E-state index < -0.39 is 5.60 Å². The molecule has 1 nitrogen and oxygen atoms in total. The predicted octanol–water partition coefficient (Wildman–Crippen LogP) is 4.84. The predicted molar refractivity (Wildman–Crippen MR) is 83.3 cm³/mol. The topological polar surface area (TPSA) is 20.2 Å². The summed E-state index contributed by atoms with van der Waals surface area (Å²) < 4.78 is 0. The van der Waals surface area contributed by atoms with E-state index in [4.69, 9.17) is 0 Å². The molecular weight excluding hydrogens is 232 g/mol. The molecule has 0 saturated carbocycles. The van der Waals surface area contributed by atoms with Crippen LogP contribution in [0.1, 0.15) is 52.0 Å². The van der Waals surface area contributed by atoms with Crippen LogP contribution >= 0.6 is 0 Å². The molecule has 1 N–H and O–H groups in total. The lowest BCUT2D eigenvalue weighted by molar-refractivity contribution is 0.0411. The number of hydrogen-bond acceptors (Lipinski definition) is 1. The standard InChI is InChI=1S/C18H26O/c1-5-15(3)11-10-14-17(18(4,19)6-2)16-12-8-7-9-13-16/h7-14,17,19H,5-6H2,1-4H3/b14-10+,15-11+/t17?,18-/m1/s1. The van der Waals surface area contributed by atoms with Crippen molar-refractivity contribution in [2.24, 2.45) is 0 Å². The molecule has 0 fully saturated rings. The number of benzene rings is 1. The van der Waals surface area contributed by atoms with Crippen molar-refractivity contribution < 1.29 is 5.11 Å². The number of rotatable bonds is 6. The van der Waals surface area contributed by atoms with E-state index in [0.29, 0.717) is 0 Å². The maximum atomic E-state index is 10.6. The molecule has 1 aromatic carbocycles. The average Bonchev–Trinajstić information content (AvgIpc) is 2.44. The summed E-state index contributed by atoms with van der Waals surface area (Å²) in [7, 11) is 0. The van der Waals surface area contributed by atoms with Crippen LogP contribution in [0.15, 0.2) is 54.1 Å². The van der Waals surface area contributed by atoms with E-state index >= 15 is 0 Å². The molecule has 104 valence electrons. The molecule has 0 saturated heterocycles. The summed E-state index contributed by atoms with van der Waals surface area (Å²) in [6.07, 6.45) is 8.10. The van der Waals surface area contributed by atoms with Gasteiger partial charge in [-0.15, -0.1) is 0 Å². The summed E-state index contributed by atoms with van der Waals surface area (Å²) in [5, 5.41) is 10.6. The normalized spacial score (nSPS) is 17.4. The SMILES string of the molecule is CC/C(C)=C/C=C/C(c1ccccc1)[C@](C)(O)CC. The molecule has 0 spiro atoms. The van der Waals surface area contributed by atoms with Crippen LogP contribution in [0.4, 0.5) is 0 Å². The van der Waals surface area contributed by atoms with Gasteiger partial charge in [-0.25, -0.2) is 0 Å². The fourth-order valence-corrected chi connectivity index (χ4v) is 2.01. The average molecular weight is 258 g/mol. The lowest BCUT2D eigenvalue weighted by Gasteiger charge is -2.30. The van der Waals surface area contributed by atoms with E-state index in [9.17, 15) is 5.11 Å². The van der Waals surface area contributed by atoms with Crippen LogP contribution < -0.4 is 0 Å². The van der Waals surface area contributed by atoms with E-state index in [1.165, 1.54) is 5.57 Å². The molecule has 0 bridgehead atoms. The first-order valence-corrected chi connectivity index (χ1v) is 7.12. The molecule has 19 heavy (non-hydrogen) atoms. The van der Waals surface area contributed by atoms with Gasteiger partial charge in [0.25, 0.3) is 0 Å². The second-order valence-corrected chi connectivity index (χ2v) is 5.35. The quantitative estimate of drug-likeness (QED) is 0.724. The first-order valence-electron chi connectivity index (χ1n) is 7.12. The zero-order valence-electron chi connectivity index (χ0n) is 12.6. The van der Waals surface area contributed by atoms with Crippen LogP contribution in [0.3, 0.4) is 0 Å². The van der Waals surface area contributed by atoms with E-state index in [2.05, 4.69) is 44.2 Å². The van der Waals surface area contributed by atoms with Gasteiger partial charge in [-0.05, 0) is 32.3 Å². The van der Waals surface area contributed by atoms with Crippen molar-refractivity contribution >= 4 is 0 Å². The van der Waals surface area contributed by atoms with Gasteiger partial charge in [0.1, 0.15) is 0 Å². The van der Waals surface area contributed by atoms with Crippen molar-refractivity contribution in [1.29, 1.82) is 0 Å².